The summed E-state index contributed by atoms with van der Waals surface area (Å²) in [5, 5.41) is 2.85. The Morgan fingerprint density at radius 3 is 2.53 bits per heavy atom. The van der Waals surface area contributed by atoms with Gasteiger partial charge in [-0.15, -0.1) is 0 Å². The van der Waals surface area contributed by atoms with Gasteiger partial charge in [0.25, 0.3) is 5.56 Å². The molecule has 5 heterocycles. The highest BCUT2D eigenvalue weighted by Crippen LogP contribution is 2.24. The summed E-state index contributed by atoms with van der Waals surface area (Å²) in [6, 6.07) is 13.4. The lowest BCUT2D eigenvalue weighted by Gasteiger charge is -2.20. The van der Waals surface area contributed by atoms with E-state index in [1.807, 2.05) is 30.3 Å². The maximum Gasteiger partial charge on any atom is 0.332 e. The van der Waals surface area contributed by atoms with E-state index in [0.29, 0.717) is 29.3 Å². The largest absolute Gasteiger partial charge is 0.338 e. The average molecular weight is 645 g/mol. The first-order valence-corrected chi connectivity index (χ1v) is 14.7. The van der Waals surface area contributed by atoms with E-state index in [0.717, 1.165) is 39.6 Å². The molecule has 1 aliphatic rings. The van der Waals surface area contributed by atoms with Gasteiger partial charge < -0.3 is 14.8 Å². The van der Waals surface area contributed by atoms with Gasteiger partial charge in [0.2, 0.25) is 11.9 Å². The molecule has 43 heavy (non-hydrogen) atoms. The van der Waals surface area contributed by atoms with E-state index in [4.69, 9.17) is 0 Å². The molecule has 13 heteroatoms. The minimum atomic E-state index is -0.492. The quantitative estimate of drug-likeness (QED) is 0.286. The van der Waals surface area contributed by atoms with Crippen LogP contribution in [0.25, 0.3) is 22.4 Å². The van der Waals surface area contributed by atoms with Crippen LogP contribution in [-0.4, -0.2) is 52.1 Å². The zero-order valence-corrected chi connectivity index (χ0v) is 25.6. The van der Waals surface area contributed by atoms with Gasteiger partial charge in [0.1, 0.15) is 11.6 Å². The first kappa shape index (κ1) is 28.5. The van der Waals surface area contributed by atoms with Crippen molar-refractivity contribution in [3.05, 3.63) is 91.6 Å². The van der Waals surface area contributed by atoms with E-state index in [1.54, 1.807) is 36.1 Å². The van der Waals surface area contributed by atoms with Gasteiger partial charge in [-0.3, -0.25) is 18.7 Å². The number of anilines is 2. The van der Waals surface area contributed by atoms with Crippen molar-refractivity contribution in [2.75, 3.05) is 16.8 Å². The van der Waals surface area contributed by atoms with Gasteiger partial charge in [0, 0.05) is 55.7 Å². The van der Waals surface area contributed by atoms with Crippen LogP contribution in [0.15, 0.2) is 68.9 Å². The first-order chi connectivity index (χ1) is 20.7. The van der Waals surface area contributed by atoms with E-state index in [-0.39, 0.29) is 30.0 Å². The van der Waals surface area contributed by atoms with Gasteiger partial charge in [-0.1, -0.05) is 34.1 Å². The fraction of sp³-hybridized carbons (Fsp3) is 0.300. The SMILES string of the molecule is C[C@@H]1CCCN1c1ncc(-c2cccc(NC(=O)Cc3nc4c(c(=O)n(C)c(=O)n4C)n3Cc3cccc(Br)c3)n2)cn1. The zero-order chi connectivity index (χ0) is 30.2. The number of fused-ring (bicyclic) bond motifs is 1. The molecule has 5 aromatic rings. The number of hydrogen-bond acceptors (Lipinski definition) is 8. The summed E-state index contributed by atoms with van der Waals surface area (Å²) < 4.78 is 4.94. The molecule has 1 atom stereocenters. The number of aryl methyl sites for hydroxylation is 1. The number of hydrogen-bond donors (Lipinski definition) is 1. The number of halogens is 1. The summed E-state index contributed by atoms with van der Waals surface area (Å²) >= 11 is 3.49. The summed E-state index contributed by atoms with van der Waals surface area (Å²) in [7, 11) is 2.99. The second-order valence-corrected chi connectivity index (χ2v) is 11.6. The number of carbonyl (C=O) groups excluding carboxylic acids is 1. The first-order valence-electron chi connectivity index (χ1n) is 13.9. The Bertz CT molecular complexity index is 1960. The van der Waals surface area contributed by atoms with Crippen LogP contribution in [0.5, 0.6) is 0 Å². The second-order valence-electron chi connectivity index (χ2n) is 10.7. The van der Waals surface area contributed by atoms with Crippen LogP contribution in [0.2, 0.25) is 0 Å². The van der Waals surface area contributed by atoms with Crippen LogP contribution in [0.3, 0.4) is 0 Å². The Morgan fingerprint density at radius 1 is 1.05 bits per heavy atom. The number of rotatable bonds is 7. The Kier molecular flexibility index (Phi) is 7.65. The predicted molar refractivity (Wildman–Crippen MR) is 167 cm³/mol. The van der Waals surface area contributed by atoms with Gasteiger partial charge in [0.15, 0.2) is 11.2 Å². The van der Waals surface area contributed by atoms with Crippen molar-refractivity contribution < 1.29 is 4.79 Å². The molecule has 1 aliphatic heterocycles. The summed E-state index contributed by atoms with van der Waals surface area (Å²) in [6.07, 6.45) is 5.61. The molecule has 220 valence electrons. The lowest BCUT2D eigenvalue weighted by molar-refractivity contribution is -0.115. The molecule has 1 aromatic carbocycles. The van der Waals surface area contributed by atoms with Crippen LogP contribution >= 0.6 is 15.9 Å². The van der Waals surface area contributed by atoms with E-state index in [9.17, 15) is 14.4 Å². The lowest BCUT2D eigenvalue weighted by atomic mass is 10.2. The summed E-state index contributed by atoms with van der Waals surface area (Å²) in [6.45, 7) is 3.40. The van der Waals surface area contributed by atoms with Gasteiger partial charge in [-0.25, -0.2) is 24.7 Å². The molecule has 0 saturated carbocycles. The number of pyridine rings is 1. The normalized spacial score (nSPS) is 14.9. The molecule has 0 unspecified atom stereocenters. The standard InChI is InChI=1S/C30H30BrN9O3/c1-18-7-6-12-39(18)29-32-15-20(16-33-29)22-10-5-11-23(34-22)35-25(41)14-24-36-27-26(28(42)38(3)30(43)37(27)2)40(24)17-19-8-4-9-21(31)13-19/h4-5,8-11,13,15-16,18H,6-7,12,14,17H2,1-3H3,(H,34,35,41)/t18-/m1/s1. The van der Waals surface area contributed by atoms with Crippen molar-refractivity contribution >= 4 is 44.8 Å². The maximum atomic E-state index is 13.3. The molecule has 4 aromatic heterocycles. The molecule has 1 amide bonds. The smallest absolute Gasteiger partial charge is 0.332 e. The van der Waals surface area contributed by atoms with Gasteiger partial charge in [0.05, 0.1) is 12.1 Å². The van der Waals surface area contributed by atoms with Crippen LogP contribution in [0, 0.1) is 0 Å². The molecule has 0 bridgehead atoms. The second kappa shape index (κ2) is 11.6. The molecule has 12 nitrogen and oxygen atoms in total. The van der Waals surface area contributed by atoms with Crippen LogP contribution in [0.4, 0.5) is 11.8 Å². The molecule has 0 spiro atoms. The number of nitrogens with one attached hydrogen (secondary N) is 1. The number of benzene rings is 1. The topological polar surface area (TPSA) is 133 Å². The molecule has 6 rings (SSSR count). The van der Waals surface area contributed by atoms with Crippen molar-refractivity contribution in [1.82, 2.24) is 33.6 Å². The summed E-state index contributed by atoms with van der Waals surface area (Å²) in [5.41, 5.74) is 1.76. The molecule has 0 radical (unpaired) electrons. The monoisotopic (exact) mass is 643 g/mol. The highest BCUT2D eigenvalue weighted by molar-refractivity contribution is 9.10. The summed E-state index contributed by atoms with van der Waals surface area (Å²) in [5.74, 6) is 1.04. The van der Waals surface area contributed by atoms with E-state index < -0.39 is 11.2 Å². The predicted octanol–water partition coefficient (Wildman–Crippen LogP) is 3.27. The third kappa shape index (κ3) is 5.59. The Labute approximate surface area is 255 Å². The van der Waals surface area contributed by atoms with Gasteiger partial charge >= 0.3 is 5.69 Å². The Hall–Kier alpha value is -4.65. The van der Waals surface area contributed by atoms with E-state index in [1.165, 1.54) is 11.6 Å². The third-order valence-electron chi connectivity index (χ3n) is 7.74. The molecule has 1 saturated heterocycles. The van der Waals surface area contributed by atoms with Crippen LogP contribution in [-0.2, 0) is 31.9 Å². The minimum Gasteiger partial charge on any atom is -0.338 e. The Balaban J connectivity index is 1.27. The number of amides is 1. The number of nitrogens with zero attached hydrogens (tertiary/aromatic N) is 8. The Morgan fingerprint density at radius 2 is 1.81 bits per heavy atom. The number of aromatic nitrogens is 7. The van der Waals surface area contributed by atoms with Crippen molar-refractivity contribution in [3.8, 4) is 11.3 Å². The van der Waals surface area contributed by atoms with Crippen molar-refractivity contribution in [3.63, 3.8) is 0 Å². The average Bonchev–Trinajstić information content (AvgIpc) is 3.58. The minimum absolute atomic E-state index is 0.141. The van der Waals surface area contributed by atoms with E-state index in [2.05, 4.69) is 53.0 Å². The molecular formula is C30H30BrN9O3. The lowest BCUT2D eigenvalue weighted by Crippen LogP contribution is -2.37. The molecule has 0 aliphatic carbocycles. The van der Waals surface area contributed by atoms with Crippen LogP contribution in [0.1, 0.15) is 31.2 Å². The van der Waals surface area contributed by atoms with Crippen LogP contribution < -0.4 is 21.5 Å². The summed E-state index contributed by atoms with van der Waals surface area (Å²) in [4.78, 5) is 59.6. The molecule has 1 N–H and O–H groups in total. The number of carbonyl (C=O) groups is 1. The van der Waals surface area contributed by atoms with E-state index >= 15 is 0 Å². The molecule has 1 fully saturated rings. The third-order valence-corrected chi connectivity index (χ3v) is 8.23. The fourth-order valence-electron chi connectivity index (χ4n) is 5.44. The number of imidazole rings is 1. The van der Waals surface area contributed by atoms with Crippen molar-refractivity contribution in [2.24, 2.45) is 14.1 Å². The van der Waals surface area contributed by atoms with Crippen molar-refractivity contribution in [2.45, 2.75) is 38.8 Å². The fourth-order valence-corrected chi connectivity index (χ4v) is 5.89. The molecular weight excluding hydrogens is 614 g/mol. The van der Waals surface area contributed by atoms with Gasteiger partial charge in [-0.05, 0) is 49.6 Å². The highest BCUT2D eigenvalue weighted by Gasteiger charge is 2.23. The zero-order valence-electron chi connectivity index (χ0n) is 24.0. The maximum absolute atomic E-state index is 13.3. The van der Waals surface area contributed by atoms with Crippen molar-refractivity contribution in [1.29, 1.82) is 0 Å². The highest BCUT2D eigenvalue weighted by atomic mass is 79.9. The van der Waals surface area contributed by atoms with Gasteiger partial charge in [-0.2, -0.15) is 0 Å².